The molecule has 27 heavy (non-hydrogen) atoms. The van der Waals surface area contributed by atoms with Gasteiger partial charge in [-0.15, -0.1) is 11.6 Å². The lowest BCUT2D eigenvalue weighted by atomic mass is 9.85. The van der Waals surface area contributed by atoms with E-state index in [2.05, 4.69) is 0 Å². The van der Waals surface area contributed by atoms with Gasteiger partial charge in [0.05, 0.1) is 0 Å². The minimum atomic E-state index is -0.911. The number of amides is 1. The second-order valence-electron chi connectivity index (χ2n) is 6.53. The first-order valence-corrected chi connectivity index (χ1v) is 9.31. The molecular weight excluding hydrogens is 356 g/mol. The van der Waals surface area contributed by atoms with E-state index in [1.54, 1.807) is 11.1 Å². The number of nitrogens with zero attached hydrogens (tertiary/aromatic N) is 2. The Labute approximate surface area is 163 Å². The van der Waals surface area contributed by atoms with Crippen LogP contribution < -0.4 is 0 Å². The SMILES string of the molecule is O=C1C(Cl)C(/N=C/c2ccccc2)(c2ccccc2)N1Cc1ccccc1. The van der Waals surface area contributed by atoms with Crippen molar-refractivity contribution in [2.24, 2.45) is 4.99 Å². The molecule has 2 atom stereocenters. The van der Waals surface area contributed by atoms with Crippen LogP contribution in [-0.4, -0.2) is 22.4 Å². The van der Waals surface area contributed by atoms with Gasteiger partial charge in [-0.3, -0.25) is 9.79 Å². The van der Waals surface area contributed by atoms with E-state index in [0.717, 1.165) is 16.7 Å². The Kier molecular flexibility index (Phi) is 4.78. The molecule has 1 aliphatic heterocycles. The van der Waals surface area contributed by atoms with Gasteiger partial charge in [-0.05, 0) is 11.1 Å². The molecule has 3 aromatic carbocycles. The highest BCUT2D eigenvalue weighted by Gasteiger charge is 2.60. The van der Waals surface area contributed by atoms with Crippen LogP contribution in [0.1, 0.15) is 16.7 Å². The number of hydrogen-bond acceptors (Lipinski definition) is 2. The Morgan fingerprint density at radius 3 is 2.07 bits per heavy atom. The van der Waals surface area contributed by atoms with Crippen LogP contribution >= 0.6 is 11.6 Å². The zero-order chi connectivity index (χ0) is 18.7. The molecule has 3 aromatic rings. The fraction of sp³-hybridized carbons (Fsp3) is 0.130. The molecule has 0 aromatic heterocycles. The number of rotatable bonds is 5. The number of aliphatic imine (C=N–C) groups is 1. The maximum atomic E-state index is 12.7. The van der Waals surface area contributed by atoms with Gasteiger partial charge in [0.15, 0.2) is 11.0 Å². The highest BCUT2D eigenvalue weighted by Crippen LogP contribution is 2.47. The largest absolute Gasteiger partial charge is 0.307 e. The van der Waals surface area contributed by atoms with Crippen LogP contribution in [0, 0.1) is 0 Å². The molecular formula is C23H19ClN2O. The minimum Gasteiger partial charge on any atom is -0.307 e. The summed E-state index contributed by atoms with van der Waals surface area (Å²) >= 11 is 6.58. The van der Waals surface area contributed by atoms with Crippen molar-refractivity contribution >= 4 is 23.7 Å². The fourth-order valence-corrected chi connectivity index (χ4v) is 3.84. The van der Waals surface area contributed by atoms with Crippen molar-refractivity contribution in [3.8, 4) is 0 Å². The summed E-state index contributed by atoms with van der Waals surface area (Å²) in [7, 11) is 0. The van der Waals surface area contributed by atoms with Crippen LogP contribution in [-0.2, 0) is 17.0 Å². The number of likely N-dealkylation sites (tertiary alicyclic amines) is 1. The Hall–Kier alpha value is -2.91. The maximum Gasteiger partial charge on any atom is 0.248 e. The Bertz CT molecular complexity index is 944. The summed E-state index contributed by atoms with van der Waals surface area (Å²) in [6.45, 7) is 0.462. The van der Waals surface area contributed by atoms with Crippen LogP contribution in [0.4, 0.5) is 0 Å². The van der Waals surface area contributed by atoms with Crippen molar-refractivity contribution < 1.29 is 4.79 Å². The molecule has 3 nitrogen and oxygen atoms in total. The van der Waals surface area contributed by atoms with Crippen molar-refractivity contribution in [1.82, 2.24) is 4.90 Å². The number of carbonyl (C=O) groups is 1. The third-order valence-corrected chi connectivity index (χ3v) is 5.33. The van der Waals surface area contributed by atoms with Gasteiger partial charge >= 0.3 is 0 Å². The van der Waals surface area contributed by atoms with Crippen LogP contribution in [0.15, 0.2) is 96.0 Å². The smallest absolute Gasteiger partial charge is 0.248 e. The van der Waals surface area contributed by atoms with E-state index in [9.17, 15) is 4.79 Å². The zero-order valence-electron chi connectivity index (χ0n) is 14.7. The van der Waals surface area contributed by atoms with E-state index in [1.165, 1.54) is 0 Å². The summed E-state index contributed by atoms with van der Waals surface area (Å²) in [5, 5.41) is -0.733. The van der Waals surface area contributed by atoms with Crippen LogP contribution in [0.3, 0.4) is 0 Å². The normalized spacial score (nSPS) is 22.0. The fourth-order valence-electron chi connectivity index (χ4n) is 3.42. The molecule has 1 amide bonds. The average Bonchev–Trinajstić information content (AvgIpc) is 2.75. The van der Waals surface area contributed by atoms with Crippen LogP contribution in [0.25, 0.3) is 0 Å². The van der Waals surface area contributed by atoms with Gasteiger partial charge in [0.2, 0.25) is 5.91 Å². The van der Waals surface area contributed by atoms with E-state index in [0.29, 0.717) is 6.54 Å². The molecule has 1 aliphatic rings. The van der Waals surface area contributed by atoms with E-state index >= 15 is 0 Å². The molecule has 1 fully saturated rings. The summed E-state index contributed by atoms with van der Waals surface area (Å²) in [6, 6.07) is 29.5. The monoisotopic (exact) mass is 374 g/mol. The number of benzene rings is 3. The second kappa shape index (κ2) is 7.37. The quantitative estimate of drug-likeness (QED) is 0.364. The molecule has 0 saturated carbocycles. The Morgan fingerprint density at radius 1 is 0.889 bits per heavy atom. The molecule has 1 saturated heterocycles. The predicted molar refractivity (Wildman–Crippen MR) is 109 cm³/mol. The van der Waals surface area contributed by atoms with Crippen LogP contribution in [0.2, 0.25) is 0 Å². The first-order chi connectivity index (χ1) is 13.2. The standard InChI is InChI=1S/C23H19ClN2O/c24-21-22(27)26(17-19-12-6-2-7-13-19)23(21,20-14-8-3-9-15-20)25-16-18-10-4-1-5-11-18/h1-16,21H,17H2/b25-16+. The Morgan fingerprint density at radius 2 is 1.44 bits per heavy atom. The molecule has 134 valence electrons. The van der Waals surface area contributed by atoms with E-state index < -0.39 is 11.0 Å². The number of alkyl halides is 1. The lowest BCUT2D eigenvalue weighted by Crippen LogP contribution is -2.68. The molecule has 4 heteroatoms. The van der Waals surface area contributed by atoms with E-state index in [-0.39, 0.29) is 5.91 Å². The maximum absolute atomic E-state index is 12.7. The van der Waals surface area contributed by atoms with Gasteiger partial charge in [0.25, 0.3) is 0 Å². The van der Waals surface area contributed by atoms with Crippen molar-refractivity contribution in [2.75, 3.05) is 0 Å². The van der Waals surface area contributed by atoms with Crippen molar-refractivity contribution in [3.05, 3.63) is 108 Å². The molecule has 1 heterocycles. The van der Waals surface area contributed by atoms with Gasteiger partial charge in [0.1, 0.15) is 0 Å². The molecule has 2 unspecified atom stereocenters. The summed E-state index contributed by atoms with van der Waals surface area (Å²) < 4.78 is 0. The van der Waals surface area contributed by atoms with E-state index in [1.807, 2.05) is 91.0 Å². The number of carbonyl (C=O) groups excluding carboxylic acids is 1. The number of hydrogen-bond donors (Lipinski definition) is 0. The zero-order valence-corrected chi connectivity index (χ0v) is 15.5. The Balaban J connectivity index is 1.76. The topological polar surface area (TPSA) is 32.7 Å². The molecule has 0 radical (unpaired) electrons. The molecule has 0 spiro atoms. The third-order valence-electron chi connectivity index (χ3n) is 4.84. The number of β-lactam (4-membered cyclic amide) rings is 1. The summed E-state index contributed by atoms with van der Waals surface area (Å²) in [6.07, 6.45) is 1.80. The number of halogens is 1. The highest BCUT2D eigenvalue weighted by atomic mass is 35.5. The van der Waals surface area contributed by atoms with Gasteiger partial charge in [-0.1, -0.05) is 91.0 Å². The highest BCUT2D eigenvalue weighted by molar-refractivity contribution is 6.34. The molecule has 4 rings (SSSR count). The van der Waals surface area contributed by atoms with Gasteiger partial charge in [0, 0.05) is 18.3 Å². The molecule has 0 aliphatic carbocycles. The van der Waals surface area contributed by atoms with Crippen molar-refractivity contribution in [1.29, 1.82) is 0 Å². The van der Waals surface area contributed by atoms with Gasteiger partial charge < -0.3 is 4.90 Å². The molecule has 0 bridgehead atoms. The van der Waals surface area contributed by atoms with Crippen LogP contribution in [0.5, 0.6) is 0 Å². The third kappa shape index (κ3) is 3.15. The summed E-state index contributed by atoms with van der Waals surface area (Å²) in [5.41, 5.74) is 2.01. The summed E-state index contributed by atoms with van der Waals surface area (Å²) in [4.78, 5) is 19.3. The molecule has 0 N–H and O–H groups in total. The van der Waals surface area contributed by atoms with Gasteiger partial charge in [-0.2, -0.15) is 0 Å². The first-order valence-electron chi connectivity index (χ1n) is 8.87. The minimum absolute atomic E-state index is 0.102. The predicted octanol–water partition coefficient (Wildman–Crippen LogP) is 4.61. The lowest BCUT2D eigenvalue weighted by Gasteiger charge is -2.53. The average molecular weight is 375 g/mol. The first kappa shape index (κ1) is 17.5. The second-order valence-corrected chi connectivity index (χ2v) is 6.97. The van der Waals surface area contributed by atoms with Crippen molar-refractivity contribution in [3.63, 3.8) is 0 Å². The summed E-state index contributed by atoms with van der Waals surface area (Å²) in [5.74, 6) is -0.102. The van der Waals surface area contributed by atoms with Crippen molar-refractivity contribution in [2.45, 2.75) is 17.6 Å². The lowest BCUT2D eigenvalue weighted by molar-refractivity contribution is -0.157. The van der Waals surface area contributed by atoms with E-state index in [4.69, 9.17) is 16.6 Å². The van der Waals surface area contributed by atoms with Gasteiger partial charge in [-0.25, -0.2) is 0 Å².